The van der Waals surface area contributed by atoms with Crippen LogP contribution in [0, 0.1) is 5.92 Å². The van der Waals surface area contributed by atoms with Gasteiger partial charge in [0.05, 0.1) is 12.1 Å². The van der Waals surface area contributed by atoms with E-state index in [-0.39, 0.29) is 30.4 Å². The molecule has 0 radical (unpaired) electrons. The summed E-state index contributed by atoms with van der Waals surface area (Å²) in [5, 5.41) is 5.82. The van der Waals surface area contributed by atoms with E-state index in [0.717, 1.165) is 24.8 Å². The molecule has 6 nitrogen and oxygen atoms in total. The SMILES string of the molecule is CCC(C)C(N)C(=O)NC(C)c1ccc(OCC(=O)NC2CC2)cc1. The Hall–Kier alpha value is -2.08. The molecule has 1 aliphatic carbocycles. The van der Waals surface area contributed by atoms with Gasteiger partial charge >= 0.3 is 0 Å². The molecule has 0 aromatic heterocycles. The second-order valence-corrected chi connectivity index (χ2v) is 6.84. The van der Waals surface area contributed by atoms with Gasteiger partial charge in [0.25, 0.3) is 5.91 Å². The molecule has 0 heterocycles. The van der Waals surface area contributed by atoms with E-state index in [1.165, 1.54) is 0 Å². The van der Waals surface area contributed by atoms with Crippen LogP contribution in [-0.2, 0) is 9.59 Å². The summed E-state index contributed by atoms with van der Waals surface area (Å²) in [4.78, 5) is 23.8. The predicted molar refractivity (Wildman–Crippen MR) is 97.1 cm³/mol. The van der Waals surface area contributed by atoms with E-state index in [1.807, 2.05) is 32.9 Å². The molecule has 2 rings (SSSR count). The van der Waals surface area contributed by atoms with Gasteiger partial charge in [-0.05, 0) is 43.4 Å². The van der Waals surface area contributed by atoms with Crippen LogP contribution in [0.5, 0.6) is 5.75 Å². The number of amides is 2. The Balaban J connectivity index is 1.81. The molecule has 138 valence electrons. The minimum Gasteiger partial charge on any atom is -0.484 e. The number of ether oxygens (including phenoxy) is 1. The van der Waals surface area contributed by atoms with Crippen molar-refractivity contribution in [3.63, 3.8) is 0 Å². The predicted octanol–water partition coefficient (Wildman–Crippen LogP) is 1.89. The van der Waals surface area contributed by atoms with Gasteiger partial charge in [-0.2, -0.15) is 0 Å². The number of carbonyl (C=O) groups is 2. The van der Waals surface area contributed by atoms with Crippen LogP contribution in [0.2, 0.25) is 0 Å². The molecule has 0 saturated heterocycles. The van der Waals surface area contributed by atoms with Crippen molar-refractivity contribution in [2.75, 3.05) is 6.61 Å². The first kappa shape index (κ1) is 19.2. The Bertz CT molecular complexity index is 584. The van der Waals surface area contributed by atoms with Gasteiger partial charge in [0, 0.05) is 6.04 Å². The quantitative estimate of drug-likeness (QED) is 0.636. The van der Waals surface area contributed by atoms with E-state index in [2.05, 4.69) is 10.6 Å². The first-order valence-electron chi connectivity index (χ1n) is 8.98. The van der Waals surface area contributed by atoms with Crippen LogP contribution in [0.1, 0.15) is 51.6 Å². The highest BCUT2D eigenvalue weighted by molar-refractivity contribution is 5.82. The molecule has 1 fully saturated rings. The molecule has 6 heteroatoms. The fourth-order valence-corrected chi connectivity index (χ4v) is 2.40. The van der Waals surface area contributed by atoms with Gasteiger partial charge in [-0.25, -0.2) is 0 Å². The fourth-order valence-electron chi connectivity index (χ4n) is 2.40. The third-order valence-corrected chi connectivity index (χ3v) is 4.61. The monoisotopic (exact) mass is 347 g/mol. The summed E-state index contributed by atoms with van der Waals surface area (Å²) in [6.45, 7) is 5.93. The lowest BCUT2D eigenvalue weighted by Gasteiger charge is -2.21. The van der Waals surface area contributed by atoms with Gasteiger partial charge in [-0.1, -0.05) is 32.4 Å². The van der Waals surface area contributed by atoms with E-state index < -0.39 is 6.04 Å². The van der Waals surface area contributed by atoms with Gasteiger partial charge in [-0.15, -0.1) is 0 Å². The van der Waals surface area contributed by atoms with Crippen molar-refractivity contribution < 1.29 is 14.3 Å². The van der Waals surface area contributed by atoms with E-state index in [4.69, 9.17) is 10.5 Å². The molecule has 3 atom stereocenters. The number of rotatable bonds is 9. The number of carbonyl (C=O) groups excluding carboxylic acids is 2. The van der Waals surface area contributed by atoms with Crippen molar-refractivity contribution in [3.05, 3.63) is 29.8 Å². The molecule has 3 unspecified atom stereocenters. The molecule has 0 aliphatic heterocycles. The summed E-state index contributed by atoms with van der Waals surface area (Å²) in [6.07, 6.45) is 2.98. The van der Waals surface area contributed by atoms with Crippen LogP contribution < -0.4 is 21.1 Å². The first-order chi connectivity index (χ1) is 11.9. The van der Waals surface area contributed by atoms with Crippen LogP contribution in [0.25, 0.3) is 0 Å². The van der Waals surface area contributed by atoms with Gasteiger partial charge in [0.15, 0.2) is 6.61 Å². The number of hydrogen-bond donors (Lipinski definition) is 3. The van der Waals surface area contributed by atoms with Crippen LogP contribution >= 0.6 is 0 Å². The minimum absolute atomic E-state index is 0.0197. The lowest BCUT2D eigenvalue weighted by molar-refractivity contribution is -0.124. The van der Waals surface area contributed by atoms with E-state index in [1.54, 1.807) is 12.1 Å². The lowest BCUT2D eigenvalue weighted by atomic mass is 9.98. The van der Waals surface area contributed by atoms with Gasteiger partial charge in [0.1, 0.15) is 5.75 Å². The van der Waals surface area contributed by atoms with Crippen LogP contribution in [0.4, 0.5) is 0 Å². The Morgan fingerprint density at radius 2 is 1.88 bits per heavy atom. The zero-order valence-electron chi connectivity index (χ0n) is 15.2. The molecule has 4 N–H and O–H groups in total. The Labute approximate surface area is 149 Å². The fraction of sp³-hybridized carbons (Fsp3) is 0.579. The summed E-state index contributed by atoms with van der Waals surface area (Å²) in [6, 6.07) is 7.06. The summed E-state index contributed by atoms with van der Waals surface area (Å²) in [5.41, 5.74) is 6.92. The normalized spacial score (nSPS) is 17.3. The molecular formula is C19H29N3O3. The van der Waals surface area contributed by atoms with Crippen molar-refractivity contribution in [1.82, 2.24) is 10.6 Å². The molecule has 2 amide bonds. The second kappa shape index (κ2) is 8.85. The highest BCUT2D eigenvalue weighted by atomic mass is 16.5. The minimum atomic E-state index is -0.500. The Kier molecular flexibility index (Phi) is 6.82. The summed E-state index contributed by atoms with van der Waals surface area (Å²) in [7, 11) is 0. The summed E-state index contributed by atoms with van der Waals surface area (Å²) >= 11 is 0. The highest BCUT2D eigenvalue weighted by Crippen LogP contribution is 2.20. The average molecular weight is 347 g/mol. The van der Waals surface area contributed by atoms with Gasteiger partial charge in [-0.3, -0.25) is 9.59 Å². The zero-order valence-corrected chi connectivity index (χ0v) is 15.2. The van der Waals surface area contributed by atoms with Crippen molar-refractivity contribution in [2.24, 2.45) is 11.7 Å². The second-order valence-electron chi connectivity index (χ2n) is 6.84. The smallest absolute Gasteiger partial charge is 0.258 e. The van der Waals surface area contributed by atoms with Crippen LogP contribution in [0.3, 0.4) is 0 Å². The molecule has 1 aromatic rings. The lowest BCUT2D eigenvalue weighted by Crippen LogP contribution is -2.45. The molecule has 0 spiro atoms. The van der Waals surface area contributed by atoms with Crippen LogP contribution in [0.15, 0.2) is 24.3 Å². The molecule has 0 bridgehead atoms. The van der Waals surface area contributed by atoms with Crippen molar-refractivity contribution >= 4 is 11.8 Å². The van der Waals surface area contributed by atoms with E-state index in [9.17, 15) is 9.59 Å². The maximum Gasteiger partial charge on any atom is 0.258 e. The third kappa shape index (κ3) is 6.05. The summed E-state index contributed by atoms with van der Waals surface area (Å²) in [5.74, 6) is 0.541. The number of nitrogens with one attached hydrogen (secondary N) is 2. The number of benzene rings is 1. The average Bonchev–Trinajstić information content (AvgIpc) is 3.42. The Morgan fingerprint density at radius 3 is 2.44 bits per heavy atom. The highest BCUT2D eigenvalue weighted by Gasteiger charge is 2.23. The zero-order chi connectivity index (χ0) is 18.4. The molecule has 25 heavy (non-hydrogen) atoms. The molecular weight excluding hydrogens is 318 g/mol. The van der Waals surface area contributed by atoms with Crippen molar-refractivity contribution in [3.8, 4) is 5.75 Å². The molecule has 1 aliphatic rings. The Morgan fingerprint density at radius 1 is 1.24 bits per heavy atom. The van der Waals surface area contributed by atoms with Crippen molar-refractivity contribution in [2.45, 2.75) is 58.2 Å². The molecule has 1 saturated carbocycles. The summed E-state index contributed by atoms with van der Waals surface area (Å²) < 4.78 is 5.48. The van der Waals surface area contributed by atoms with E-state index in [0.29, 0.717) is 11.8 Å². The topological polar surface area (TPSA) is 93.5 Å². The van der Waals surface area contributed by atoms with E-state index >= 15 is 0 Å². The first-order valence-corrected chi connectivity index (χ1v) is 8.98. The molecule has 1 aromatic carbocycles. The van der Waals surface area contributed by atoms with Gasteiger partial charge < -0.3 is 21.1 Å². The maximum absolute atomic E-state index is 12.2. The number of hydrogen-bond acceptors (Lipinski definition) is 4. The third-order valence-electron chi connectivity index (χ3n) is 4.61. The standard InChI is InChI=1S/C19H29N3O3/c1-4-12(2)18(20)19(24)21-13(3)14-5-9-16(10-6-14)25-11-17(23)22-15-7-8-15/h5-6,9-10,12-13,15,18H,4,7-8,11,20H2,1-3H3,(H,21,24)(H,22,23). The van der Waals surface area contributed by atoms with Crippen molar-refractivity contribution in [1.29, 1.82) is 0 Å². The maximum atomic E-state index is 12.2. The number of nitrogens with two attached hydrogens (primary N) is 1. The van der Waals surface area contributed by atoms with Crippen LogP contribution in [-0.4, -0.2) is 30.5 Å². The van der Waals surface area contributed by atoms with Gasteiger partial charge in [0.2, 0.25) is 5.91 Å². The largest absolute Gasteiger partial charge is 0.484 e.